The average Bonchev–Trinajstić information content (AvgIpc) is 2.85. The summed E-state index contributed by atoms with van der Waals surface area (Å²) in [6.45, 7) is 10.1. The lowest BCUT2D eigenvalue weighted by atomic mass is 9.93. The van der Waals surface area contributed by atoms with Crippen molar-refractivity contribution in [3.8, 4) is 0 Å². The van der Waals surface area contributed by atoms with Crippen molar-refractivity contribution in [3.05, 3.63) is 0 Å². The van der Waals surface area contributed by atoms with Gasteiger partial charge in [0.1, 0.15) is 23.3 Å². The van der Waals surface area contributed by atoms with Crippen molar-refractivity contribution in [2.24, 2.45) is 11.8 Å². The smallest absolute Gasteiger partial charge is 0.411 e. The number of rotatable bonds is 4. The number of amides is 2. The second-order valence-corrected chi connectivity index (χ2v) is 11.6. The Kier molecular flexibility index (Phi) is 12.2. The van der Waals surface area contributed by atoms with Gasteiger partial charge in [0.05, 0.1) is 26.1 Å². The third-order valence-corrected chi connectivity index (χ3v) is 6.06. The van der Waals surface area contributed by atoms with Crippen molar-refractivity contribution in [2.45, 2.75) is 90.5 Å². The van der Waals surface area contributed by atoms with Gasteiger partial charge in [-0.15, -0.1) is 0 Å². The van der Waals surface area contributed by atoms with Crippen molar-refractivity contribution < 1.29 is 57.9 Å². The first-order chi connectivity index (χ1) is 18.3. The Bertz CT molecular complexity index is 876. The standard InChI is InChI=1S/2C13H21NO6/c2*1-13(2,3)20-12(18)14-7-8(10(15)16)5-6-9(14)11(17)19-4/h2*8-9H,5-7H2,1-4H3,(H,15,16)/t2*8-,9-/m10/s1. The molecule has 228 valence electrons. The number of methoxy groups -OCH3 is 2. The first-order valence-electron chi connectivity index (χ1n) is 12.9. The van der Waals surface area contributed by atoms with Gasteiger partial charge in [0.2, 0.25) is 0 Å². The van der Waals surface area contributed by atoms with E-state index in [0.717, 1.165) is 9.80 Å². The van der Waals surface area contributed by atoms with Crippen LogP contribution in [0.4, 0.5) is 9.59 Å². The Labute approximate surface area is 233 Å². The molecule has 0 saturated carbocycles. The molecule has 4 atom stereocenters. The summed E-state index contributed by atoms with van der Waals surface area (Å²) in [6.07, 6.45) is -0.230. The normalized spacial score (nSPS) is 23.1. The topological polar surface area (TPSA) is 186 Å². The van der Waals surface area contributed by atoms with E-state index in [1.54, 1.807) is 41.5 Å². The molecule has 2 aliphatic rings. The molecule has 0 aromatic rings. The van der Waals surface area contributed by atoms with E-state index in [0.29, 0.717) is 12.8 Å². The molecule has 0 aromatic carbocycles. The van der Waals surface area contributed by atoms with E-state index in [1.807, 2.05) is 0 Å². The molecular weight excluding hydrogens is 532 g/mol. The molecule has 0 unspecified atom stereocenters. The second-order valence-electron chi connectivity index (χ2n) is 11.6. The minimum Gasteiger partial charge on any atom is -0.481 e. The van der Waals surface area contributed by atoms with Crippen LogP contribution in [0.15, 0.2) is 0 Å². The van der Waals surface area contributed by atoms with Crippen LogP contribution in [0.2, 0.25) is 0 Å². The molecule has 0 radical (unpaired) electrons. The van der Waals surface area contributed by atoms with Crippen LogP contribution in [0.3, 0.4) is 0 Å². The van der Waals surface area contributed by atoms with Gasteiger partial charge in [-0.3, -0.25) is 19.4 Å². The summed E-state index contributed by atoms with van der Waals surface area (Å²) in [5.74, 6) is -4.46. The van der Waals surface area contributed by atoms with Gasteiger partial charge in [-0.1, -0.05) is 0 Å². The van der Waals surface area contributed by atoms with Gasteiger partial charge in [0, 0.05) is 13.1 Å². The molecule has 2 amide bonds. The fraction of sp³-hybridized carbons (Fsp3) is 0.769. The number of esters is 2. The summed E-state index contributed by atoms with van der Waals surface area (Å²) in [5, 5.41) is 18.1. The lowest BCUT2D eigenvalue weighted by Gasteiger charge is -2.37. The number of hydrogen-bond acceptors (Lipinski definition) is 10. The number of ether oxygens (including phenoxy) is 4. The summed E-state index contributed by atoms with van der Waals surface area (Å²) in [6, 6.07) is -1.57. The summed E-state index contributed by atoms with van der Waals surface area (Å²) < 4.78 is 19.8. The Morgan fingerprint density at radius 1 is 0.600 bits per heavy atom. The first kappa shape index (κ1) is 34.4. The van der Waals surface area contributed by atoms with E-state index in [2.05, 4.69) is 9.47 Å². The zero-order valence-electron chi connectivity index (χ0n) is 24.4. The molecule has 2 N–H and O–H groups in total. The number of carboxylic acids is 2. The fourth-order valence-corrected chi connectivity index (χ4v) is 4.15. The number of carbonyl (C=O) groups excluding carboxylic acids is 4. The van der Waals surface area contributed by atoms with E-state index < -0.39 is 71.2 Å². The van der Waals surface area contributed by atoms with E-state index in [1.165, 1.54) is 14.2 Å². The number of hydrogen-bond donors (Lipinski definition) is 2. The van der Waals surface area contributed by atoms with E-state index in [9.17, 15) is 28.8 Å². The van der Waals surface area contributed by atoms with Crippen LogP contribution in [0.25, 0.3) is 0 Å². The number of aliphatic carboxylic acids is 2. The third-order valence-electron chi connectivity index (χ3n) is 6.06. The number of likely N-dealkylation sites (tertiary alicyclic amines) is 2. The quantitative estimate of drug-likeness (QED) is 0.370. The predicted octanol–water partition coefficient (Wildman–Crippen LogP) is 2.52. The van der Waals surface area contributed by atoms with Gasteiger partial charge in [0.25, 0.3) is 0 Å². The van der Waals surface area contributed by atoms with Gasteiger partial charge in [-0.2, -0.15) is 0 Å². The van der Waals surface area contributed by atoms with Crippen LogP contribution in [0, 0.1) is 11.8 Å². The highest BCUT2D eigenvalue weighted by Gasteiger charge is 2.42. The van der Waals surface area contributed by atoms with E-state index >= 15 is 0 Å². The highest BCUT2D eigenvalue weighted by atomic mass is 16.6. The summed E-state index contributed by atoms with van der Waals surface area (Å²) in [7, 11) is 2.47. The van der Waals surface area contributed by atoms with Gasteiger partial charge < -0.3 is 29.2 Å². The van der Waals surface area contributed by atoms with Crippen LogP contribution in [-0.4, -0.2) is 107 Å². The van der Waals surface area contributed by atoms with Crippen LogP contribution in [0.1, 0.15) is 67.2 Å². The Morgan fingerprint density at radius 3 is 1.12 bits per heavy atom. The summed E-state index contributed by atoms with van der Waals surface area (Å²) in [4.78, 5) is 72.1. The maximum Gasteiger partial charge on any atom is 0.411 e. The molecule has 0 bridgehead atoms. The minimum atomic E-state index is -0.984. The SMILES string of the molecule is COC(=O)[C@@H]1CC[C@H](C(=O)O)CN1C(=O)OC(C)(C)C.COC(=O)[C@H]1CC[C@@H](C(=O)O)CN1C(=O)OC(C)(C)C. The maximum absolute atomic E-state index is 12.1. The largest absolute Gasteiger partial charge is 0.481 e. The molecule has 0 aliphatic carbocycles. The Balaban J connectivity index is 0.000000400. The molecule has 14 heteroatoms. The Hall–Kier alpha value is -3.58. The minimum absolute atomic E-state index is 0.0516. The summed E-state index contributed by atoms with van der Waals surface area (Å²) in [5.41, 5.74) is -1.43. The molecule has 2 fully saturated rings. The van der Waals surface area contributed by atoms with Crippen LogP contribution in [0.5, 0.6) is 0 Å². The van der Waals surface area contributed by atoms with Gasteiger partial charge >= 0.3 is 36.1 Å². The van der Waals surface area contributed by atoms with Gasteiger partial charge in [-0.25, -0.2) is 19.2 Å². The van der Waals surface area contributed by atoms with Crippen LogP contribution in [-0.2, 0) is 38.1 Å². The predicted molar refractivity (Wildman–Crippen MR) is 138 cm³/mol. The van der Waals surface area contributed by atoms with Crippen molar-refractivity contribution >= 4 is 36.1 Å². The van der Waals surface area contributed by atoms with Crippen molar-refractivity contribution in [1.82, 2.24) is 9.80 Å². The van der Waals surface area contributed by atoms with Crippen molar-refractivity contribution in [2.75, 3.05) is 27.3 Å². The van der Waals surface area contributed by atoms with Crippen LogP contribution >= 0.6 is 0 Å². The van der Waals surface area contributed by atoms with Gasteiger partial charge in [0.15, 0.2) is 0 Å². The highest BCUT2D eigenvalue weighted by Crippen LogP contribution is 2.26. The van der Waals surface area contributed by atoms with Gasteiger partial charge in [-0.05, 0) is 67.2 Å². The molecule has 14 nitrogen and oxygen atoms in total. The van der Waals surface area contributed by atoms with Crippen molar-refractivity contribution in [1.29, 1.82) is 0 Å². The average molecular weight is 575 g/mol. The second kappa shape index (κ2) is 14.2. The zero-order chi connectivity index (χ0) is 31.0. The van der Waals surface area contributed by atoms with E-state index in [-0.39, 0.29) is 25.9 Å². The van der Waals surface area contributed by atoms with E-state index in [4.69, 9.17) is 19.7 Å². The molecule has 2 heterocycles. The molecular formula is C26H42N2O12. The third kappa shape index (κ3) is 10.5. The first-order valence-corrected chi connectivity index (χ1v) is 12.9. The maximum atomic E-state index is 12.1. The summed E-state index contributed by atoms with van der Waals surface area (Å²) >= 11 is 0. The highest BCUT2D eigenvalue weighted by molar-refractivity contribution is 5.83. The fourth-order valence-electron chi connectivity index (χ4n) is 4.15. The molecule has 2 aliphatic heterocycles. The molecule has 2 saturated heterocycles. The lowest BCUT2D eigenvalue weighted by molar-refractivity contribution is -0.153. The Morgan fingerprint density at radius 2 is 0.900 bits per heavy atom. The molecule has 2 rings (SSSR count). The number of piperidine rings is 2. The molecule has 0 aromatic heterocycles. The molecule has 0 spiro atoms. The monoisotopic (exact) mass is 574 g/mol. The number of carbonyl (C=O) groups is 6. The zero-order valence-corrected chi connectivity index (χ0v) is 24.4. The lowest BCUT2D eigenvalue weighted by Crippen LogP contribution is -2.53. The van der Waals surface area contributed by atoms with Crippen LogP contribution < -0.4 is 0 Å². The number of carboxylic acid groups (broad SMARTS) is 2. The molecule has 40 heavy (non-hydrogen) atoms. The number of nitrogens with zero attached hydrogens (tertiary/aromatic N) is 2. The van der Waals surface area contributed by atoms with Crippen molar-refractivity contribution in [3.63, 3.8) is 0 Å².